The molecule has 0 heterocycles. The molecule has 1 unspecified atom stereocenters. The second kappa shape index (κ2) is 8.17. The highest BCUT2D eigenvalue weighted by Crippen LogP contribution is 2.09. The number of rotatable bonds is 7. The number of nitrogens with zero attached hydrogens (tertiary/aromatic N) is 1. The van der Waals surface area contributed by atoms with Gasteiger partial charge < -0.3 is 14.6 Å². The molecule has 0 radical (unpaired) electrons. The third-order valence-corrected chi connectivity index (χ3v) is 3.17. The van der Waals surface area contributed by atoms with Crippen molar-refractivity contribution >= 4 is 35.9 Å². The van der Waals surface area contributed by atoms with Crippen molar-refractivity contribution in [1.82, 2.24) is 4.90 Å². The van der Waals surface area contributed by atoms with Crippen LogP contribution in [0.15, 0.2) is 24.3 Å². The van der Waals surface area contributed by atoms with Crippen molar-refractivity contribution in [2.75, 3.05) is 20.6 Å². The van der Waals surface area contributed by atoms with Crippen LogP contribution in [0, 0.1) is 5.92 Å². The Balaban J connectivity index is 2.78. The molecule has 114 valence electrons. The molecule has 0 bridgehead atoms. The molecule has 1 atom stereocenters. The minimum Gasteiger partial charge on any atom is -0.505 e. The summed E-state index contributed by atoms with van der Waals surface area (Å²) < 4.78 is 4.99. The van der Waals surface area contributed by atoms with Crippen molar-refractivity contribution in [2.45, 2.75) is 13.3 Å². The Hall–Kier alpha value is -1.37. The van der Waals surface area contributed by atoms with Crippen LogP contribution in [0.3, 0.4) is 0 Å². The predicted octanol–water partition coefficient (Wildman–Crippen LogP) is 0.728. The second-order valence-corrected chi connectivity index (χ2v) is 5.42. The quantitative estimate of drug-likeness (QED) is 0.594. The van der Waals surface area contributed by atoms with Crippen molar-refractivity contribution in [3.05, 3.63) is 29.3 Å². The normalized spacial score (nSPS) is 12.1. The molecule has 0 saturated heterocycles. The largest absolute Gasteiger partial charge is 0.562 e. The number of hydrogen-bond acceptors (Lipinski definition) is 5. The fraction of sp³-hybridized carbons (Fsp3) is 0.429. The maximum atomic E-state index is 12.1. The molecule has 0 amide bonds. The highest BCUT2D eigenvalue weighted by Gasteiger charge is 2.31. The summed E-state index contributed by atoms with van der Waals surface area (Å²) in [5, 5.41) is 10.4. The van der Waals surface area contributed by atoms with Gasteiger partial charge in [-0.2, -0.15) is 0 Å². The van der Waals surface area contributed by atoms with Crippen molar-refractivity contribution in [2.24, 2.45) is 5.92 Å². The molecule has 1 aromatic rings. The zero-order valence-electron chi connectivity index (χ0n) is 12.4. The van der Waals surface area contributed by atoms with Crippen molar-refractivity contribution in [1.29, 1.82) is 0 Å². The van der Waals surface area contributed by atoms with E-state index in [0.717, 1.165) is 0 Å². The lowest BCUT2D eigenvalue weighted by Crippen LogP contribution is -2.42. The number of hydrogen-bond donors (Lipinski definition) is 1. The summed E-state index contributed by atoms with van der Waals surface area (Å²) in [5.74, 6) is -1.85. The Morgan fingerprint density at radius 3 is 2.62 bits per heavy atom. The van der Waals surface area contributed by atoms with Crippen LogP contribution in [-0.2, 0) is 14.2 Å². The lowest BCUT2D eigenvalue weighted by atomic mass is 9.79. The SMILES string of the molecule is CCC(=O)C(CN(C)C)C(=O)OB(O)c1cccc(Cl)c1. The fourth-order valence-corrected chi connectivity index (χ4v) is 2.04. The van der Waals surface area contributed by atoms with E-state index >= 15 is 0 Å². The number of Topliss-reactive ketones (excluding diaryl/α,β-unsaturated/α-hetero) is 1. The maximum absolute atomic E-state index is 12.1. The van der Waals surface area contributed by atoms with E-state index in [1.54, 1.807) is 44.1 Å². The summed E-state index contributed by atoms with van der Waals surface area (Å²) in [6, 6.07) is 6.38. The number of carbonyl (C=O) groups is 2. The van der Waals surface area contributed by atoms with Crippen LogP contribution in [0.1, 0.15) is 13.3 Å². The van der Waals surface area contributed by atoms with E-state index in [2.05, 4.69) is 0 Å². The van der Waals surface area contributed by atoms with E-state index < -0.39 is 19.0 Å². The molecule has 0 spiro atoms. The molecular weight excluding hydrogens is 292 g/mol. The van der Waals surface area contributed by atoms with Gasteiger partial charge in [-0.15, -0.1) is 0 Å². The molecule has 1 rings (SSSR count). The van der Waals surface area contributed by atoms with Crippen LogP contribution < -0.4 is 5.46 Å². The standard InChI is InChI=1S/C14H19BClNO4/c1-4-13(18)12(9-17(2)3)14(19)21-15(20)10-6-5-7-11(16)8-10/h5-8,12,20H,4,9H2,1-3H3. The number of ketones is 1. The predicted molar refractivity (Wildman–Crippen MR) is 82.5 cm³/mol. The zero-order valence-corrected chi connectivity index (χ0v) is 13.1. The van der Waals surface area contributed by atoms with E-state index in [0.29, 0.717) is 10.5 Å². The molecule has 5 nitrogen and oxygen atoms in total. The topological polar surface area (TPSA) is 66.8 Å². The third-order valence-electron chi connectivity index (χ3n) is 2.93. The van der Waals surface area contributed by atoms with E-state index in [-0.39, 0.29) is 18.7 Å². The van der Waals surface area contributed by atoms with Gasteiger partial charge in [0.05, 0.1) is 0 Å². The Morgan fingerprint density at radius 2 is 2.10 bits per heavy atom. The van der Waals surface area contributed by atoms with Gasteiger partial charge in [0.25, 0.3) is 0 Å². The molecule has 0 aliphatic rings. The summed E-state index contributed by atoms with van der Waals surface area (Å²) in [6.45, 7) is 1.93. The van der Waals surface area contributed by atoms with Crippen molar-refractivity contribution in [3.8, 4) is 0 Å². The molecule has 7 heteroatoms. The van der Waals surface area contributed by atoms with Gasteiger partial charge in [0, 0.05) is 18.0 Å². The molecule has 1 N–H and O–H groups in total. The second-order valence-electron chi connectivity index (χ2n) is 4.98. The third kappa shape index (κ3) is 5.49. The summed E-state index contributed by atoms with van der Waals surface area (Å²) >= 11 is 5.82. The molecular formula is C14H19BClNO4. The van der Waals surface area contributed by atoms with Gasteiger partial charge >= 0.3 is 13.1 Å². The summed E-state index contributed by atoms with van der Waals surface area (Å²) in [6.07, 6.45) is 0.237. The van der Waals surface area contributed by atoms with Gasteiger partial charge in [-0.3, -0.25) is 9.59 Å². The van der Waals surface area contributed by atoms with Gasteiger partial charge in [0.1, 0.15) is 11.7 Å². The minimum absolute atomic E-state index is 0.216. The van der Waals surface area contributed by atoms with Crippen LogP contribution >= 0.6 is 11.6 Å². The van der Waals surface area contributed by atoms with E-state index in [1.165, 1.54) is 6.07 Å². The lowest BCUT2D eigenvalue weighted by molar-refractivity contribution is -0.145. The zero-order chi connectivity index (χ0) is 16.0. The molecule has 0 aliphatic carbocycles. The smallest absolute Gasteiger partial charge is 0.505 e. The summed E-state index contributed by atoms with van der Waals surface area (Å²) in [4.78, 5) is 25.6. The summed E-state index contributed by atoms with van der Waals surface area (Å²) in [7, 11) is 2.08. The Labute approximate surface area is 130 Å². The van der Waals surface area contributed by atoms with Crippen LogP contribution in [0.4, 0.5) is 0 Å². The molecule has 0 aliphatic heterocycles. The lowest BCUT2D eigenvalue weighted by Gasteiger charge is -2.19. The Morgan fingerprint density at radius 1 is 1.43 bits per heavy atom. The van der Waals surface area contributed by atoms with Gasteiger partial charge in [-0.05, 0) is 31.7 Å². The summed E-state index contributed by atoms with van der Waals surface area (Å²) in [5.41, 5.74) is 0.364. The van der Waals surface area contributed by atoms with Crippen molar-refractivity contribution in [3.63, 3.8) is 0 Å². The van der Waals surface area contributed by atoms with Gasteiger partial charge in [0.2, 0.25) is 0 Å². The molecule has 1 aromatic carbocycles. The number of halogens is 1. The highest BCUT2D eigenvalue weighted by molar-refractivity contribution is 6.62. The first-order valence-electron chi connectivity index (χ1n) is 6.66. The van der Waals surface area contributed by atoms with Crippen LogP contribution in [0.25, 0.3) is 0 Å². The average Bonchev–Trinajstić information content (AvgIpc) is 2.43. The van der Waals surface area contributed by atoms with E-state index in [1.807, 2.05) is 0 Å². The van der Waals surface area contributed by atoms with E-state index in [9.17, 15) is 14.6 Å². The monoisotopic (exact) mass is 311 g/mol. The first kappa shape index (κ1) is 17.7. The van der Waals surface area contributed by atoms with Crippen LogP contribution in [-0.4, -0.2) is 49.4 Å². The number of benzene rings is 1. The molecule has 0 fully saturated rings. The molecule has 0 saturated carbocycles. The maximum Gasteiger partial charge on any atom is 0.562 e. The number of carbonyl (C=O) groups excluding carboxylic acids is 2. The van der Waals surface area contributed by atoms with Gasteiger partial charge in [-0.25, -0.2) is 0 Å². The molecule has 21 heavy (non-hydrogen) atoms. The Kier molecular flexibility index (Phi) is 6.88. The van der Waals surface area contributed by atoms with Crippen LogP contribution in [0.2, 0.25) is 5.02 Å². The minimum atomic E-state index is -1.44. The van der Waals surface area contributed by atoms with Gasteiger partial charge in [0.15, 0.2) is 0 Å². The Bertz CT molecular complexity index is 510. The first-order valence-corrected chi connectivity index (χ1v) is 7.04. The van der Waals surface area contributed by atoms with E-state index in [4.69, 9.17) is 16.3 Å². The molecule has 0 aromatic heterocycles. The highest BCUT2D eigenvalue weighted by atomic mass is 35.5. The van der Waals surface area contributed by atoms with Crippen molar-refractivity contribution < 1.29 is 19.3 Å². The fourth-order valence-electron chi connectivity index (χ4n) is 1.84. The average molecular weight is 312 g/mol. The first-order chi connectivity index (χ1) is 9.85. The van der Waals surface area contributed by atoms with Gasteiger partial charge in [-0.1, -0.05) is 30.7 Å². The van der Waals surface area contributed by atoms with Crippen LogP contribution in [0.5, 0.6) is 0 Å².